The highest BCUT2D eigenvalue weighted by Crippen LogP contribution is 2.42. The van der Waals surface area contributed by atoms with Crippen LogP contribution in [0.5, 0.6) is 5.75 Å². The van der Waals surface area contributed by atoms with Crippen LogP contribution in [-0.4, -0.2) is 47.6 Å². The minimum absolute atomic E-state index is 0.107. The second-order valence-corrected chi connectivity index (χ2v) is 9.73. The van der Waals surface area contributed by atoms with Gasteiger partial charge in [-0.2, -0.15) is 0 Å². The van der Waals surface area contributed by atoms with Crippen LogP contribution in [-0.2, 0) is 14.3 Å². The lowest BCUT2D eigenvalue weighted by molar-refractivity contribution is -0.140. The molecular weight excluding hydrogens is 466 g/mol. The van der Waals surface area contributed by atoms with Gasteiger partial charge in [-0.3, -0.25) is 9.59 Å². The summed E-state index contributed by atoms with van der Waals surface area (Å²) in [4.78, 5) is 28.3. The number of ketones is 1. The third kappa shape index (κ3) is 5.12. The van der Waals surface area contributed by atoms with Crippen LogP contribution in [0.25, 0.3) is 16.5 Å². The number of aliphatic hydroxyl groups is 1. The number of aliphatic hydroxyl groups excluding tert-OH is 1. The molecule has 0 saturated carbocycles. The number of Topliss-reactive ketones (excluding diaryl/α,β-unsaturated/α-hetero) is 1. The lowest BCUT2D eigenvalue weighted by Gasteiger charge is -2.28. The Morgan fingerprint density at radius 1 is 1.03 bits per heavy atom. The van der Waals surface area contributed by atoms with Gasteiger partial charge in [-0.15, -0.1) is 0 Å². The van der Waals surface area contributed by atoms with Crippen LogP contribution in [0.2, 0.25) is 0 Å². The van der Waals surface area contributed by atoms with Gasteiger partial charge in [-0.05, 0) is 59.9 Å². The number of benzene rings is 3. The third-order valence-corrected chi connectivity index (χ3v) is 7.23. The number of nitrogens with zero attached hydrogens (tertiary/aromatic N) is 1. The van der Waals surface area contributed by atoms with E-state index in [2.05, 4.69) is 6.92 Å². The molecule has 0 aliphatic carbocycles. The molecule has 0 bridgehead atoms. The van der Waals surface area contributed by atoms with E-state index in [4.69, 9.17) is 9.47 Å². The molecule has 3 aromatic rings. The van der Waals surface area contributed by atoms with Gasteiger partial charge in [0, 0.05) is 18.7 Å². The first-order valence-corrected chi connectivity index (χ1v) is 13.2. The second-order valence-electron chi connectivity index (χ2n) is 9.73. The lowest BCUT2D eigenvalue weighted by atomic mass is 9.91. The zero-order valence-corrected chi connectivity index (χ0v) is 21.2. The zero-order valence-electron chi connectivity index (χ0n) is 21.2. The fraction of sp³-hybridized carbons (Fsp3) is 0.355. The summed E-state index contributed by atoms with van der Waals surface area (Å²) in [6.07, 6.45) is 4.86. The summed E-state index contributed by atoms with van der Waals surface area (Å²) in [5.74, 6) is -0.750. The predicted molar refractivity (Wildman–Crippen MR) is 143 cm³/mol. The Kier molecular flexibility index (Phi) is 7.56. The van der Waals surface area contributed by atoms with Crippen LogP contribution in [0.4, 0.5) is 0 Å². The average Bonchev–Trinajstić information content (AvgIpc) is 3.53. The number of unbranched alkanes of at least 4 members (excludes halogenated alkanes) is 2. The third-order valence-electron chi connectivity index (χ3n) is 7.23. The van der Waals surface area contributed by atoms with Crippen LogP contribution < -0.4 is 4.74 Å². The molecule has 2 heterocycles. The van der Waals surface area contributed by atoms with Gasteiger partial charge in [-0.1, -0.05) is 62.2 Å². The smallest absolute Gasteiger partial charge is 0.295 e. The van der Waals surface area contributed by atoms with Crippen molar-refractivity contribution >= 4 is 28.2 Å². The largest absolute Gasteiger partial charge is 0.507 e. The fourth-order valence-corrected chi connectivity index (χ4v) is 5.29. The number of ether oxygens (including phenoxy) is 2. The van der Waals surface area contributed by atoms with Gasteiger partial charge in [0.25, 0.3) is 11.7 Å². The summed E-state index contributed by atoms with van der Waals surface area (Å²) in [6, 6.07) is 20.1. The summed E-state index contributed by atoms with van der Waals surface area (Å²) in [7, 11) is 0. The number of hydrogen-bond acceptors (Lipinski definition) is 5. The quantitative estimate of drug-likeness (QED) is 0.169. The second kappa shape index (κ2) is 11.2. The molecule has 2 saturated heterocycles. The molecule has 37 heavy (non-hydrogen) atoms. The zero-order chi connectivity index (χ0) is 25.8. The molecule has 5 rings (SSSR count). The molecule has 1 N–H and O–H groups in total. The first-order chi connectivity index (χ1) is 18.1. The van der Waals surface area contributed by atoms with E-state index in [1.165, 1.54) is 0 Å². The molecule has 0 spiro atoms. The van der Waals surface area contributed by atoms with Crippen LogP contribution in [0.15, 0.2) is 72.3 Å². The van der Waals surface area contributed by atoms with Crippen LogP contribution in [0.1, 0.15) is 56.2 Å². The maximum atomic E-state index is 13.4. The van der Waals surface area contributed by atoms with Crippen LogP contribution in [0, 0.1) is 0 Å². The number of carbonyl (C=O) groups excluding carboxylic acids is 2. The van der Waals surface area contributed by atoms with Gasteiger partial charge in [-0.25, -0.2) is 0 Å². The van der Waals surface area contributed by atoms with Crippen LogP contribution >= 0.6 is 0 Å². The van der Waals surface area contributed by atoms with Crippen molar-refractivity contribution in [1.82, 2.24) is 4.90 Å². The maximum Gasteiger partial charge on any atom is 0.295 e. The van der Waals surface area contributed by atoms with E-state index in [1.54, 1.807) is 29.2 Å². The van der Waals surface area contributed by atoms with Crippen molar-refractivity contribution in [1.29, 1.82) is 0 Å². The number of carbonyl (C=O) groups is 2. The first-order valence-electron chi connectivity index (χ1n) is 13.2. The van der Waals surface area contributed by atoms with Crippen molar-refractivity contribution in [3.63, 3.8) is 0 Å². The molecule has 1 amide bonds. The Morgan fingerprint density at radius 3 is 2.57 bits per heavy atom. The summed E-state index contributed by atoms with van der Waals surface area (Å²) in [6.45, 7) is 3.74. The van der Waals surface area contributed by atoms with E-state index in [0.717, 1.165) is 48.4 Å². The van der Waals surface area contributed by atoms with Crippen molar-refractivity contribution in [2.75, 3.05) is 19.8 Å². The van der Waals surface area contributed by atoms with Gasteiger partial charge in [0.1, 0.15) is 11.5 Å². The van der Waals surface area contributed by atoms with Crippen molar-refractivity contribution in [3.05, 3.63) is 83.4 Å². The highest BCUT2D eigenvalue weighted by molar-refractivity contribution is 6.46. The number of rotatable bonds is 9. The highest BCUT2D eigenvalue weighted by atomic mass is 16.5. The van der Waals surface area contributed by atoms with E-state index in [9.17, 15) is 14.7 Å². The van der Waals surface area contributed by atoms with Crippen LogP contribution in [0.3, 0.4) is 0 Å². The number of fused-ring (bicyclic) bond motifs is 1. The minimum Gasteiger partial charge on any atom is -0.507 e. The molecule has 2 fully saturated rings. The van der Waals surface area contributed by atoms with E-state index < -0.39 is 17.7 Å². The molecule has 0 radical (unpaired) electrons. The SMILES string of the molecule is CCCCCOc1ccc(/C(O)=C2/C(=O)C(=O)N(CC3CCCO3)C2c2cccc3ccccc23)cc1. The monoisotopic (exact) mass is 499 g/mol. The normalized spacial score (nSPS) is 21.2. The van der Waals surface area contributed by atoms with E-state index >= 15 is 0 Å². The predicted octanol–water partition coefficient (Wildman–Crippen LogP) is 6.01. The van der Waals surface area contributed by atoms with Gasteiger partial charge < -0.3 is 19.5 Å². The van der Waals surface area contributed by atoms with Crippen molar-refractivity contribution < 1.29 is 24.2 Å². The summed E-state index contributed by atoms with van der Waals surface area (Å²) < 4.78 is 11.6. The standard InChI is InChI=1S/C31H33NO5/c1-2-3-6-18-36-23-16-14-22(15-17-23)29(33)27-28(26-13-7-10-21-9-4-5-12-25(21)26)32(31(35)30(27)34)20-24-11-8-19-37-24/h4-5,7,9-10,12-17,24,28,33H,2-3,6,8,11,18-20H2,1H3/b29-27-. The molecule has 6 heteroatoms. The number of likely N-dealkylation sites (tertiary alicyclic amines) is 1. The molecule has 2 aliphatic rings. The fourth-order valence-electron chi connectivity index (χ4n) is 5.29. The molecule has 2 unspecified atom stereocenters. The first kappa shape index (κ1) is 25.0. The average molecular weight is 500 g/mol. The molecular formula is C31H33NO5. The Balaban J connectivity index is 1.55. The number of hydrogen-bond donors (Lipinski definition) is 1. The molecule has 3 aromatic carbocycles. The molecule has 2 atom stereocenters. The lowest BCUT2D eigenvalue weighted by Crippen LogP contribution is -2.36. The van der Waals surface area contributed by atoms with Crippen molar-refractivity contribution in [2.24, 2.45) is 0 Å². The van der Waals surface area contributed by atoms with E-state index in [-0.39, 0.29) is 17.4 Å². The molecule has 192 valence electrons. The summed E-state index contributed by atoms with van der Waals surface area (Å²) in [5, 5.41) is 13.4. The van der Waals surface area contributed by atoms with Crippen molar-refractivity contribution in [2.45, 2.75) is 51.2 Å². The Hall–Kier alpha value is -3.64. The Morgan fingerprint density at radius 2 is 1.81 bits per heavy atom. The number of amides is 1. The summed E-state index contributed by atoms with van der Waals surface area (Å²) >= 11 is 0. The Labute approximate surface area is 217 Å². The maximum absolute atomic E-state index is 13.4. The van der Waals surface area contributed by atoms with Gasteiger partial charge in [0.15, 0.2) is 0 Å². The molecule has 0 aromatic heterocycles. The highest BCUT2D eigenvalue weighted by Gasteiger charge is 2.47. The minimum atomic E-state index is -0.708. The van der Waals surface area contributed by atoms with E-state index in [1.807, 2.05) is 42.5 Å². The van der Waals surface area contributed by atoms with Gasteiger partial charge in [0.2, 0.25) is 0 Å². The van der Waals surface area contributed by atoms with Gasteiger partial charge in [0.05, 0.1) is 24.3 Å². The Bertz CT molecular complexity index is 1300. The van der Waals surface area contributed by atoms with E-state index in [0.29, 0.717) is 31.1 Å². The molecule has 6 nitrogen and oxygen atoms in total. The van der Waals surface area contributed by atoms with Gasteiger partial charge >= 0.3 is 0 Å². The molecule has 2 aliphatic heterocycles. The van der Waals surface area contributed by atoms with Crippen molar-refractivity contribution in [3.8, 4) is 5.75 Å². The summed E-state index contributed by atoms with van der Waals surface area (Å²) in [5.41, 5.74) is 1.39. The topological polar surface area (TPSA) is 76.1 Å².